The van der Waals surface area contributed by atoms with Crippen LogP contribution in [0.3, 0.4) is 0 Å². The number of hydrogen-bond donors (Lipinski definition) is 2. The molecule has 25 heavy (non-hydrogen) atoms. The number of nitrogens with zero attached hydrogens (tertiary/aromatic N) is 2. The second kappa shape index (κ2) is 5.98. The number of hydrazine groups is 1. The van der Waals surface area contributed by atoms with Crippen LogP contribution in [0.1, 0.15) is 33.6 Å². The van der Waals surface area contributed by atoms with Gasteiger partial charge in [-0.2, -0.15) is 0 Å². The summed E-state index contributed by atoms with van der Waals surface area (Å²) in [5.41, 5.74) is 4.53. The van der Waals surface area contributed by atoms with Gasteiger partial charge in [0.05, 0.1) is 5.52 Å². The normalized spacial score (nSPS) is 24.8. The van der Waals surface area contributed by atoms with Crippen LogP contribution >= 0.6 is 0 Å². The second-order valence-corrected chi connectivity index (χ2v) is 7.29. The quantitative estimate of drug-likeness (QED) is 0.811. The van der Waals surface area contributed by atoms with Gasteiger partial charge in [-0.25, -0.2) is 9.97 Å². The highest BCUT2D eigenvalue weighted by atomic mass is 16.4. The molecule has 0 spiro atoms. The van der Waals surface area contributed by atoms with E-state index in [0.717, 1.165) is 10.9 Å². The third-order valence-corrected chi connectivity index (χ3v) is 5.84. The lowest BCUT2D eigenvalue weighted by molar-refractivity contribution is -0.323. The van der Waals surface area contributed by atoms with Crippen LogP contribution < -0.4 is 16.0 Å². The third-order valence-electron chi connectivity index (χ3n) is 5.84. The largest absolute Gasteiger partial charge is 0.550 e. The highest BCUT2D eigenvalue weighted by molar-refractivity contribution is 5.90. The maximum absolute atomic E-state index is 12.7. The molecule has 1 fully saturated rings. The summed E-state index contributed by atoms with van der Waals surface area (Å²) in [6.07, 6.45) is 2.33. The van der Waals surface area contributed by atoms with E-state index in [9.17, 15) is 14.7 Å². The van der Waals surface area contributed by atoms with Crippen LogP contribution in [-0.2, 0) is 9.59 Å². The molecule has 3 rings (SSSR count). The number of para-hydroxylation sites is 1. The Bertz CT molecular complexity index is 831. The first-order valence-corrected chi connectivity index (χ1v) is 8.24. The van der Waals surface area contributed by atoms with Gasteiger partial charge in [0.2, 0.25) is 5.91 Å². The van der Waals surface area contributed by atoms with Crippen LogP contribution in [-0.4, -0.2) is 21.8 Å². The van der Waals surface area contributed by atoms with Crippen molar-refractivity contribution < 1.29 is 14.7 Å². The number of amides is 1. The zero-order valence-corrected chi connectivity index (χ0v) is 14.5. The van der Waals surface area contributed by atoms with E-state index in [4.69, 9.17) is 0 Å². The predicted molar refractivity (Wildman–Crippen MR) is 90.9 cm³/mol. The number of fused-ring (bicyclic) bond motifs is 1. The Hall–Kier alpha value is -2.70. The summed E-state index contributed by atoms with van der Waals surface area (Å²) in [5.74, 6) is -1.30. The molecule has 0 saturated heterocycles. The standard InChI is InChI=1S/C18H22N4O3/c1-17(2)12(8-9-18(17,3)16(24)25)15(23)22-21-14-11-6-4-5-7-13(11)19-10-20-14/h4-7,10,12H,8-9H2,1-3H3,(H,22,23)(H,24,25)(H,19,20,21)/p-1/t12-,18+/m1/s1. The number of carboxylic acid groups (broad SMARTS) is 1. The van der Waals surface area contributed by atoms with Crippen molar-refractivity contribution in [3.63, 3.8) is 0 Å². The van der Waals surface area contributed by atoms with Crippen molar-refractivity contribution in [2.24, 2.45) is 16.7 Å². The van der Waals surface area contributed by atoms with Crippen molar-refractivity contribution >= 4 is 28.6 Å². The van der Waals surface area contributed by atoms with Crippen molar-refractivity contribution in [1.82, 2.24) is 15.4 Å². The zero-order chi connectivity index (χ0) is 18.2. The van der Waals surface area contributed by atoms with Crippen molar-refractivity contribution in [3.8, 4) is 0 Å². The molecule has 1 amide bonds. The summed E-state index contributed by atoms with van der Waals surface area (Å²) in [6, 6.07) is 7.45. The number of rotatable bonds is 4. The van der Waals surface area contributed by atoms with E-state index in [0.29, 0.717) is 18.7 Å². The minimum Gasteiger partial charge on any atom is -0.550 e. The molecule has 7 heteroatoms. The van der Waals surface area contributed by atoms with Gasteiger partial charge in [-0.05, 0) is 30.4 Å². The number of carbonyl (C=O) groups excluding carboxylic acids is 2. The predicted octanol–water partition coefficient (Wildman–Crippen LogP) is 1.27. The first-order chi connectivity index (χ1) is 11.8. The van der Waals surface area contributed by atoms with Gasteiger partial charge >= 0.3 is 0 Å². The summed E-state index contributed by atoms with van der Waals surface area (Å²) in [7, 11) is 0. The number of nitrogens with one attached hydrogen (secondary N) is 2. The van der Waals surface area contributed by atoms with E-state index in [2.05, 4.69) is 20.8 Å². The van der Waals surface area contributed by atoms with Crippen LogP contribution in [0, 0.1) is 16.7 Å². The summed E-state index contributed by atoms with van der Waals surface area (Å²) in [6.45, 7) is 5.27. The minimum absolute atomic E-state index is 0.252. The van der Waals surface area contributed by atoms with Crippen molar-refractivity contribution in [3.05, 3.63) is 30.6 Å². The fourth-order valence-corrected chi connectivity index (χ4v) is 3.64. The first kappa shape index (κ1) is 17.1. The molecule has 1 aromatic carbocycles. The van der Waals surface area contributed by atoms with Crippen LogP contribution in [0.4, 0.5) is 5.82 Å². The Morgan fingerprint density at radius 3 is 2.60 bits per heavy atom. The van der Waals surface area contributed by atoms with Gasteiger partial charge in [0.25, 0.3) is 0 Å². The van der Waals surface area contributed by atoms with Crippen LogP contribution in [0.15, 0.2) is 30.6 Å². The van der Waals surface area contributed by atoms with Crippen LogP contribution in [0.5, 0.6) is 0 Å². The Morgan fingerprint density at radius 1 is 1.20 bits per heavy atom. The average Bonchev–Trinajstić information content (AvgIpc) is 2.83. The topological polar surface area (TPSA) is 107 Å². The highest BCUT2D eigenvalue weighted by Crippen LogP contribution is 2.55. The second-order valence-electron chi connectivity index (χ2n) is 7.29. The number of benzene rings is 1. The molecule has 0 unspecified atom stereocenters. The van der Waals surface area contributed by atoms with Gasteiger partial charge in [-0.3, -0.25) is 15.6 Å². The Balaban J connectivity index is 1.76. The summed E-state index contributed by atoms with van der Waals surface area (Å²) in [4.78, 5) is 32.5. The summed E-state index contributed by atoms with van der Waals surface area (Å²) in [5, 5.41) is 12.3. The Kier molecular flexibility index (Phi) is 4.10. The molecule has 0 bridgehead atoms. The van der Waals surface area contributed by atoms with E-state index in [1.54, 1.807) is 20.8 Å². The molecule has 1 heterocycles. The number of carboxylic acids is 1. The molecule has 0 radical (unpaired) electrons. The maximum atomic E-state index is 12.7. The first-order valence-electron chi connectivity index (χ1n) is 8.24. The van der Waals surface area contributed by atoms with Gasteiger partial charge < -0.3 is 9.90 Å². The lowest BCUT2D eigenvalue weighted by Gasteiger charge is -2.41. The molecular formula is C18H21N4O3-. The van der Waals surface area contributed by atoms with Crippen LogP contribution in [0.2, 0.25) is 0 Å². The molecular weight excluding hydrogens is 320 g/mol. The number of anilines is 1. The molecule has 2 N–H and O–H groups in total. The van der Waals surface area contributed by atoms with E-state index in [1.165, 1.54) is 6.33 Å². The molecule has 2 atom stereocenters. The SMILES string of the molecule is CC1(C)[C@@H](C(=O)NNc2ncnc3ccccc23)CC[C@@]1(C)C(=O)[O-]. The van der Waals surface area contributed by atoms with Gasteiger partial charge in [0.1, 0.15) is 6.33 Å². The van der Waals surface area contributed by atoms with E-state index in [1.807, 2.05) is 24.3 Å². The molecule has 1 aromatic heterocycles. The highest BCUT2D eigenvalue weighted by Gasteiger charge is 2.54. The van der Waals surface area contributed by atoms with Gasteiger partial charge in [-0.1, -0.05) is 32.9 Å². The number of hydrogen-bond acceptors (Lipinski definition) is 6. The van der Waals surface area contributed by atoms with Crippen molar-refractivity contribution in [2.45, 2.75) is 33.6 Å². The number of carbonyl (C=O) groups is 2. The Morgan fingerprint density at radius 2 is 1.92 bits per heavy atom. The molecule has 132 valence electrons. The zero-order valence-electron chi connectivity index (χ0n) is 14.5. The van der Waals surface area contributed by atoms with E-state index in [-0.39, 0.29) is 5.91 Å². The molecule has 2 aromatic rings. The lowest BCUT2D eigenvalue weighted by Crippen LogP contribution is -2.50. The maximum Gasteiger partial charge on any atom is 0.242 e. The number of aliphatic carboxylic acids is 1. The average molecular weight is 341 g/mol. The fourth-order valence-electron chi connectivity index (χ4n) is 3.64. The van der Waals surface area contributed by atoms with E-state index < -0.39 is 22.7 Å². The molecule has 7 nitrogen and oxygen atoms in total. The monoisotopic (exact) mass is 341 g/mol. The fraction of sp³-hybridized carbons (Fsp3) is 0.444. The smallest absolute Gasteiger partial charge is 0.242 e. The Labute approximate surface area is 145 Å². The number of aromatic nitrogens is 2. The summed E-state index contributed by atoms with van der Waals surface area (Å²) < 4.78 is 0. The summed E-state index contributed by atoms with van der Waals surface area (Å²) >= 11 is 0. The van der Waals surface area contributed by atoms with E-state index >= 15 is 0 Å². The minimum atomic E-state index is -1.11. The molecule has 1 saturated carbocycles. The van der Waals surface area contributed by atoms with Gasteiger partial charge in [-0.15, -0.1) is 0 Å². The van der Waals surface area contributed by atoms with Crippen molar-refractivity contribution in [2.75, 3.05) is 5.43 Å². The lowest BCUT2D eigenvalue weighted by atomic mass is 9.65. The molecule has 1 aliphatic rings. The molecule has 1 aliphatic carbocycles. The van der Waals surface area contributed by atoms with Gasteiger partial charge in [0, 0.05) is 22.7 Å². The van der Waals surface area contributed by atoms with Gasteiger partial charge in [0.15, 0.2) is 5.82 Å². The third kappa shape index (κ3) is 2.69. The van der Waals surface area contributed by atoms with Crippen LogP contribution in [0.25, 0.3) is 10.9 Å². The van der Waals surface area contributed by atoms with Crippen molar-refractivity contribution in [1.29, 1.82) is 0 Å². The molecule has 0 aliphatic heterocycles.